The Bertz CT molecular complexity index is 462. The van der Waals surface area contributed by atoms with E-state index in [-0.39, 0.29) is 30.1 Å². The number of halogens is 1. The third-order valence-electron chi connectivity index (χ3n) is 3.92. The molecule has 1 fully saturated rings. The molecule has 2 rings (SSSR count). The monoisotopic (exact) mass is 330 g/mol. The fraction of sp³-hybridized carbons (Fsp3) is 0.600. The minimum atomic E-state index is 0. The molecule has 4 nitrogen and oxygen atoms in total. The van der Waals surface area contributed by atoms with Gasteiger partial charge in [-0.25, -0.2) is 0 Å². The Labute approximate surface area is 136 Å². The maximum absolute atomic E-state index is 12.2. The minimum Gasteiger partial charge on any atom is -0.342 e. The predicted molar refractivity (Wildman–Crippen MR) is 88.1 cm³/mol. The van der Waals surface area contributed by atoms with Gasteiger partial charge in [-0.1, -0.05) is 6.07 Å². The molecule has 1 aliphatic heterocycles. The van der Waals surface area contributed by atoms with Gasteiger partial charge in [0.25, 0.3) is 0 Å². The molecule has 118 valence electrons. The molecule has 1 amide bonds. The van der Waals surface area contributed by atoms with E-state index < -0.39 is 0 Å². The van der Waals surface area contributed by atoms with Crippen molar-refractivity contribution in [2.75, 3.05) is 13.1 Å². The molecule has 21 heavy (non-hydrogen) atoms. The van der Waals surface area contributed by atoms with Gasteiger partial charge in [-0.05, 0) is 37.1 Å². The number of nitrogens with zero attached hydrogens (tertiary/aromatic N) is 1. The van der Waals surface area contributed by atoms with Crippen molar-refractivity contribution in [3.05, 3.63) is 22.4 Å². The summed E-state index contributed by atoms with van der Waals surface area (Å²) >= 11 is 1.43. The van der Waals surface area contributed by atoms with E-state index in [4.69, 9.17) is 5.73 Å². The third-order valence-corrected chi connectivity index (χ3v) is 4.83. The summed E-state index contributed by atoms with van der Waals surface area (Å²) < 4.78 is 0. The van der Waals surface area contributed by atoms with E-state index in [0.29, 0.717) is 18.8 Å². The molecule has 6 heteroatoms. The second-order valence-corrected chi connectivity index (χ2v) is 6.45. The second kappa shape index (κ2) is 8.51. The van der Waals surface area contributed by atoms with Crippen molar-refractivity contribution in [1.82, 2.24) is 4.90 Å². The number of rotatable bonds is 5. The Morgan fingerprint density at radius 3 is 2.86 bits per heavy atom. The van der Waals surface area contributed by atoms with Crippen LogP contribution in [-0.2, 0) is 4.79 Å². The Balaban J connectivity index is 0.00000220. The Kier molecular flexibility index (Phi) is 7.35. The fourth-order valence-electron chi connectivity index (χ4n) is 2.60. The first-order chi connectivity index (χ1) is 9.58. The van der Waals surface area contributed by atoms with Gasteiger partial charge in [0.15, 0.2) is 5.78 Å². The van der Waals surface area contributed by atoms with Crippen LogP contribution in [0.3, 0.4) is 0 Å². The van der Waals surface area contributed by atoms with Gasteiger partial charge in [-0.2, -0.15) is 0 Å². The van der Waals surface area contributed by atoms with Gasteiger partial charge >= 0.3 is 0 Å². The first-order valence-electron chi connectivity index (χ1n) is 7.18. The fourth-order valence-corrected chi connectivity index (χ4v) is 3.30. The van der Waals surface area contributed by atoms with Crippen molar-refractivity contribution in [2.24, 2.45) is 11.7 Å². The summed E-state index contributed by atoms with van der Waals surface area (Å²) in [6.07, 6.45) is 2.72. The quantitative estimate of drug-likeness (QED) is 0.844. The number of likely N-dealkylation sites (tertiary alicyclic amines) is 1. The smallest absolute Gasteiger partial charge is 0.223 e. The van der Waals surface area contributed by atoms with Crippen molar-refractivity contribution in [3.63, 3.8) is 0 Å². The van der Waals surface area contributed by atoms with Gasteiger partial charge in [-0.3, -0.25) is 9.59 Å². The number of thiophene rings is 1. The van der Waals surface area contributed by atoms with Gasteiger partial charge in [0.1, 0.15) is 0 Å². The molecule has 1 aliphatic rings. The maximum Gasteiger partial charge on any atom is 0.223 e. The first kappa shape index (κ1) is 18.1. The zero-order valence-corrected chi connectivity index (χ0v) is 13.9. The summed E-state index contributed by atoms with van der Waals surface area (Å²) in [5.41, 5.74) is 5.93. The predicted octanol–water partition coefficient (Wildman–Crippen LogP) is 2.72. The van der Waals surface area contributed by atoms with Crippen molar-refractivity contribution in [2.45, 2.75) is 38.6 Å². The highest BCUT2D eigenvalue weighted by Crippen LogP contribution is 2.20. The first-order valence-corrected chi connectivity index (χ1v) is 8.06. The van der Waals surface area contributed by atoms with E-state index in [0.717, 1.165) is 30.8 Å². The Hall–Kier alpha value is -0.910. The van der Waals surface area contributed by atoms with E-state index >= 15 is 0 Å². The van der Waals surface area contributed by atoms with Crippen molar-refractivity contribution in [3.8, 4) is 0 Å². The molecule has 0 spiro atoms. The van der Waals surface area contributed by atoms with Crippen LogP contribution in [0.15, 0.2) is 17.5 Å². The molecule has 0 radical (unpaired) electrons. The lowest BCUT2D eigenvalue weighted by Gasteiger charge is -2.34. The number of carbonyl (C=O) groups is 2. The van der Waals surface area contributed by atoms with Crippen molar-refractivity contribution < 1.29 is 9.59 Å². The van der Waals surface area contributed by atoms with Gasteiger partial charge in [0.05, 0.1) is 4.88 Å². The third kappa shape index (κ3) is 5.09. The topological polar surface area (TPSA) is 63.4 Å². The number of amides is 1. The molecule has 2 heterocycles. The highest BCUT2D eigenvalue weighted by molar-refractivity contribution is 7.12. The Morgan fingerprint density at radius 2 is 2.24 bits per heavy atom. The highest BCUT2D eigenvalue weighted by atomic mass is 35.5. The van der Waals surface area contributed by atoms with E-state index in [2.05, 4.69) is 0 Å². The zero-order chi connectivity index (χ0) is 14.5. The van der Waals surface area contributed by atoms with Crippen LogP contribution in [0.25, 0.3) is 0 Å². The number of piperidine rings is 1. The molecule has 0 aliphatic carbocycles. The van der Waals surface area contributed by atoms with E-state index in [9.17, 15) is 9.59 Å². The van der Waals surface area contributed by atoms with E-state index in [1.807, 2.05) is 29.3 Å². The molecule has 1 aromatic heterocycles. The summed E-state index contributed by atoms with van der Waals surface area (Å²) in [7, 11) is 0. The zero-order valence-electron chi connectivity index (χ0n) is 12.3. The normalized spacial score (nSPS) is 19.7. The number of hydrogen-bond donors (Lipinski definition) is 1. The number of nitrogens with two attached hydrogens (primary N) is 1. The Morgan fingerprint density at radius 1 is 1.48 bits per heavy atom. The summed E-state index contributed by atoms with van der Waals surface area (Å²) in [4.78, 5) is 26.7. The molecular weight excluding hydrogens is 308 g/mol. The van der Waals surface area contributed by atoms with Crippen LogP contribution < -0.4 is 5.73 Å². The lowest BCUT2D eigenvalue weighted by Crippen LogP contribution is -2.45. The molecule has 0 saturated carbocycles. The number of hydrogen-bond acceptors (Lipinski definition) is 4. The van der Waals surface area contributed by atoms with Crippen LogP contribution in [0.2, 0.25) is 0 Å². The molecular formula is C15H23ClN2O2S. The van der Waals surface area contributed by atoms with Crippen LogP contribution in [0.5, 0.6) is 0 Å². The van der Waals surface area contributed by atoms with Gasteiger partial charge in [0, 0.05) is 32.0 Å². The average Bonchev–Trinajstić information content (AvgIpc) is 2.98. The maximum atomic E-state index is 12.2. The summed E-state index contributed by atoms with van der Waals surface area (Å²) in [5.74, 6) is 0.537. The molecule has 1 aromatic rings. The average molecular weight is 331 g/mol. The number of Topliss-reactive ketones (excluding diaryl/α,β-unsaturated/α-hetero) is 1. The van der Waals surface area contributed by atoms with Crippen LogP contribution in [-0.4, -0.2) is 35.7 Å². The number of ketones is 1. The largest absolute Gasteiger partial charge is 0.342 e. The van der Waals surface area contributed by atoms with Gasteiger partial charge < -0.3 is 10.6 Å². The van der Waals surface area contributed by atoms with Crippen molar-refractivity contribution >= 4 is 35.4 Å². The van der Waals surface area contributed by atoms with Crippen LogP contribution in [0.4, 0.5) is 0 Å². The molecule has 2 N–H and O–H groups in total. The summed E-state index contributed by atoms with van der Waals surface area (Å²) in [5, 5.41) is 1.88. The lowest BCUT2D eigenvalue weighted by molar-refractivity contribution is -0.133. The molecule has 0 aromatic carbocycles. The highest BCUT2D eigenvalue weighted by Gasteiger charge is 2.25. The minimum absolute atomic E-state index is 0. The molecule has 1 saturated heterocycles. The van der Waals surface area contributed by atoms with E-state index in [1.54, 1.807) is 0 Å². The van der Waals surface area contributed by atoms with Gasteiger partial charge in [0.2, 0.25) is 5.91 Å². The van der Waals surface area contributed by atoms with Gasteiger partial charge in [-0.15, -0.1) is 23.7 Å². The molecule has 2 unspecified atom stereocenters. The SMILES string of the molecule is CC(N)C1CCCN(C(=O)CCC(=O)c2cccs2)C1.Cl. The number of carbonyl (C=O) groups excluding carboxylic acids is 2. The van der Waals surface area contributed by atoms with Crippen molar-refractivity contribution in [1.29, 1.82) is 0 Å². The van der Waals surface area contributed by atoms with E-state index in [1.165, 1.54) is 11.3 Å². The lowest BCUT2D eigenvalue weighted by atomic mass is 9.92. The van der Waals surface area contributed by atoms with Crippen LogP contribution >= 0.6 is 23.7 Å². The summed E-state index contributed by atoms with van der Waals surface area (Å²) in [6, 6.07) is 3.79. The summed E-state index contributed by atoms with van der Waals surface area (Å²) in [6.45, 7) is 3.54. The second-order valence-electron chi connectivity index (χ2n) is 5.50. The molecule has 2 atom stereocenters. The standard InChI is InChI=1S/C15H22N2O2S.ClH/c1-11(16)12-4-2-8-17(10-12)15(19)7-6-13(18)14-5-3-9-20-14;/h3,5,9,11-12H,2,4,6-8,10,16H2,1H3;1H. The molecule has 0 bridgehead atoms. The van der Waals surface area contributed by atoms with Crippen LogP contribution in [0, 0.1) is 5.92 Å². The van der Waals surface area contributed by atoms with Crippen LogP contribution in [0.1, 0.15) is 42.3 Å².